The SMILES string of the molecule is C[C@H](CCC(=O)OC1CCCCC1)[C@H]1CC[C@H]2[C@@H]3CC=C4CCCC(O)[C@]4(C)[C@H]3CC[C@]12C. The van der Waals surface area contributed by atoms with E-state index in [4.69, 9.17) is 4.74 Å². The molecule has 0 aromatic heterocycles. The van der Waals surface area contributed by atoms with Crippen molar-refractivity contribution in [1.29, 1.82) is 0 Å². The van der Waals surface area contributed by atoms with E-state index in [9.17, 15) is 9.90 Å². The molecular weight excluding hydrogens is 408 g/mol. The third kappa shape index (κ3) is 4.13. The lowest BCUT2D eigenvalue weighted by Gasteiger charge is -2.59. The second kappa shape index (κ2) is 9.32. The standard InChI is InChI=1S/C30H48O3/c1-20(12-17-28(32)33-22-9-5-4-6-10-22)24-15-16-25-23-14-13-21-8-7-11-27(31)30(21,3)26(23)18-19-29(24,25)2/h13,20,22-27,31H,4-12,14-19H2,1-3H3/t20-,23+,24-,25+,26+,27?,29-,30+/m1/s1. The molecule has 0 radical (unpaired) electrons. The van der Waals surface area contributed by atoms with Crippen molar-refractivity contribution in [2.45, 2.75) is 129 Å². The molecule has 186 valence electrons. The molecule has 5 aliphatic carbocycles. The summed E-state index contributed by atoms with van der Waals surface area (Å²) >= 11 is 0. The maximum atomic E-state index is 12.5. The zero-order valence-corrected chi connectivity index (χ0v) is 21.5. The molecule has 0 aromatic rings. The second-order valence-electron chi connectivity index (χ2n) is 13.0. The number of ether oxygens (including phenoxy) is 1. The van der Waals surface area contributed by atoms with Crippen LogP contribution >= 0.6 is 0 Å². The first-order chi connectivity index (χ1) is 15.8. The van der Waals surface area contributed by atoms with Gasteiger partial charge in [0, 0.05) is 11.8 Å². The van der Waals surface area contributed by atoms with Crippen molar-refractivity contribution in [1.82, 2.24) is 0 Å². The molecule has 0 saturated heterocycles. The summed E-state index contributed by atoms with van der Waals surface area (Å²) < 4.78 is 5.81. The highest BCUT2D eigenvalue weighted by Crippen LogP contribution is 2.67. The first kappa shape index (κ1) is 23.9. The van der Waals surface area contributed by atoms with E-state index in [0.29, 0.717) is 23.7 Å². The van der Waals surface area contributed by atoms with E-state index in [1.807, 2.05) is 0 Å². The van der Waals surface area contributed by atoms with Crippen LogP contribution in [0.5, 0.6) is 0 Å². The fraction of sp³-hybridized carbons (Fsp3) is 0.900. The molecule has 4 fully saturated rings. The lowest BCUT2D eigenvalue weighted by Crippen LogP contribution is -2.54. The van der Waals surface area contributed by atoms with Crippen LogP contribution in [0.2, 0.25) is 0 Å². The minimum Gasteiger partial charge on any atom is -0.462 e. The van der Waals surface area contributed by atoms with Crippen molar-refractivity contribution in [3.63, 3.8) is 0 Å². The van der Waals surface area contributed by atoms with Gasteiger partial charge in [-0.15, -0.1) is 0 Å². The predicted molar refractivity (Wildman–Crippen MR) is 133 cm³/mol. The molecule has 0 aliphatic heterocycles. The van der Waals surface area contributed by atoms with Gasteiger partial charge in [0.25, 0.3) is 0 Å². The van der Waals surface area contributed by atoms with Crippen molar-refractivity contribution in [3.05, 3.63) is 11.6 Å². The fourth-order valence-electron chi connectivity index (χ4n) is 9.67. The fourth-order valence-corrected chi connectivity index (χ4v) is 9.67. The van der Waals surface area contributed by atoms with E-state index in [1.165, 1.54) is 57.8 Å². The number of allylic oxidation sites excluding steroid dienone is 1. The summed E-state index contributed by atoms with van der Waals surface area (Å²) in [6.45, 7) is 7.39. The zero-order valence-electron chi connectivity index (χ0n) is 21.5. The summed E-state index contributed by atoms with van der Waals surface area (Å²) in [5.41, 5.74) is 2.00. The summed E-state index contributed by atoms with van der Waals surface area (Å²) in [5, 5.41) is 11.1. The minimum atomic E-state index is -0.152. The Hall–Kier alpha value is -0.830. The number of carbonyl (C=O) groups is 1. The normalized spacial score (nSPS) is 44.2. The van der Waals surface area contributed by atoms with Crippen LogP contribution in [-0.2, 0) is 9.53 Å². The van der Waals surface area contributed by atoms with Gasteiger partial charge in [-0.05, 0) is 118 Å². The zero-order chi connectivity index (χ0) is 23.2. The Kier molecular flexibility index (Phi) is 6.75. The quantitative estimate of drug-likeness (QED) is 0.351. The molecule has 5 rings (SSSR count). The molecular formula is C30H48O3. The van der Waals surface area contributed by atoms with Crippen LogP contribution in [0.25, 0.3) is 0 Å². The molecule has 0 aromatic carbocycles. The van der Waals surface area contributed by atoms with E-state index in [-0.39, 0.29) is 23.6 Å². The van der Waals surface area contributed by atoms with Crippen molar-refractivity contribution in [2.75, 3.05) is 0 Å². The maximum absolute atomic E-state index is 12.5. The molecule has 1 N–H and O–H groups in total. The van der Waals surface area contributed by atoms with Crippen LogP contribution < -0.4 is 0 Å². The number of hydrogen-bond acceptors (Lipinski definition) is 3. The predicted octanol–water partition coefficient (Wildman–Crippen LogP) is 7.22. The van der Waals surface area contributed by atoms with Crippen molar-refractivity contribution in [3.8, 4) is 0 Å². The Labute approximate surface area is 202 Å². The molecule has 8 atom stereocenters. The molecule has 33 heavy (non-hydrogen) atoms. The summed E-state index contributed by atoms with van der Waals surface area (Å²) in [5.74, 6) is 3.52. The molecule has 1 unspecified atom stereocenters. The Morgan fingerprint density at radius 3 is 2.64 bits per heavy atom. The smallest absolute Gasteiger partial charge is 0.306 e. The van der Waals surface area contributed by atoms with E-state index in [2.05, 4.69) is 26.8 Å². The lowest BCUT2D eigenvalue weighted by molar-refractivity contribution is -0.151. The topological polar surface area (TPSA) is 46.5 Å². The minimum absolute atomic E-state index is 0.0229. The first-order valence-electron chi connectivity index (χ1n) is 14.4. The number of aliphatic hydroxyl groups excluding tert-OH is 1. The lowest BCUT2D eigenvalue weighted by atomic mass is 9.46. The summed E-state index contributed by atoms with van der Waals surface area (Å²) in [6, 6.07) is 0. The van der Waals surface area contributed by atoms with Gasteiger partial charge < -0.3 is 9.84 Å². The Morgan fingerprint density at radius 2 is 1.85 bits per heavy atom. The van der Waals surface area contributed by atoms with Crippen LogP contribution in [0.15, 0.2) is 11.6 Å². The number of carbonyl (C=O) groups excluding carboxylic acids is 1. The third-order valence-corrected chi connectivity index (χ3v) is 11.6. The van der Waals surface area contributed by atoms with Gasteiger partial charge in [-0.3, -0.25) is 4.79 Å². The van der Waals surface area contributed by atoms with Gasteiger partial charge >= 0.3 is 5.97 Å². The van der Waals surface area contributed by atoms with E-state index in [0.717, 1.165) is 49.9 Å². The van der Waals surface area contributed by atoms with Gasteiger partial charge in [0.15, 0.2) is 0 Å². The van der Waals surface area contributed by atoms with Crippen molar-refractivity contribution < 1.29 is 14.6 Å². The van der Waals surface area contributed by atoms with Crippen LogP contribution in [0.4, 0.5) is 0 Å². The highest BCUT2D eigenvalue weighted by Gasteiger charge is 2.60. The molecule has 0 bridgehead atoms. The van der Waals surface area contributed by atoms with E-state index in [1.54, 1.807) is 5.57 Å². The summed E-state index contributed by atoms with van der Waals surface area (Å²) in [4.78, 5) is 12.5. The first-order valence-corrected chi connectivity index (χ1v) is 14.4. The average molecular weight is 457 g/mol. The highest BCUT2D eigenvalue weighted by atomic mass is 16.5. The number of aliphatic hydroxyl groups is 1. The average Bonchev–Trinajstić information content (AvgIpc) is 3.16. The number of rotatable bonds is 5. The van der Waals surface area contributed by atoms with Gasteiger partial charge in [0.1, 0.15) is 6.10 Å². The molecule has 3 heteroatoms. The Bertz CT molecular complexity index is 752. The van der Waals surface area contributed by atoms with Crippen LogP contribution in [0.3, 0.4) is 0 Å². The van der Waals surface area contributed by atoms with Crippen LogP contribution in [0, 0.1) is 40.4 Å². The van der Waals surface area contributed by atoms with E-state index >= 15 is 0 Å². The largest absolute Gasteiger partial charge is 0.462 e. The van der Waals surface area contributed by atoms with Crippen LogP contribution in [-0.4, -0.2) is 23.3 Å². The summed E-state index contributed by atoms with van der Waals surface area (Å²) in [7, 11) is 0. The number of esters is 1. The number of fused-ring (bicyclic) bond motifs is 5. The van der Waals surface area contributed by atoms with Gasteiger partial charge in [0.2, 0.25) is 0 Å². The monoisotopic (exact) mass is 456 g/mol. The molecule has 4 saturated carbocycles. The molecule has 0 amide bonds. The van der Waals surface area contributed by atoms with Gasteiger partial charge in [-0.25, -0.2) is 0 Å². The van der Waals surface area contributed by atoms with Gasteiger partial charge in [-0.1, -0.05) is 38.8 Å². The third-order valence-electron chi connectivity index (χ3n) is 11.6. The highest BCUT2D eigenvalue weighted by molar-refractivity contribution is 5.69. The molecule has 0 spiro atoms. The Balaban J connectivity index is 1.22. The van der Waals surface area contributed by atoms with Crippen LogP contribution in [0.1, 0.15) is 117 Å². The Morgan fingerprint density at radius 1 is 1.06 bits per heavy atom. The van der Waals surface area contributed by atoms with Crippen molar-refractivity contribution >= 4 is 5.97 Å². The van der Waals surface area contributed by atoms with Gasteiger partial charge in [0.05, 0.1) is 6.10 Å². The van der Waals surface area contributed by atoms with Crippen molar-refractivity contribution in [2.24, 2.45) is 40.4 Å². The second-order valence-corrected chi connectivity index (χ2v) is 13.0. The number of hydrogen-bond donors (Lipinski definition) is 1. The maximum Gasteiger partial charge on any atom is 0.306 e. The van der Waals surface area contributed by atoms with Gasteiger partial charge in [-0.2, -0.15) is 0 Å². The molecule has 5 aliphatic rings. The molecule has 3 nitrogen and oxygen atoms in total. The molecule has 0 heterocycles. The van der Waals surface area contributed by atoms with E-state index < -0.39 is 0 Å². The summed E-state index contributed by atoms with van der Waals surface area (Å²) in [6.07, 6.45) is 19.8.